The second kappa shape index (κ2) is 6.72. The van der Waals surface area contributed by atoms with Crippen molar-refractivity contribution in [3.8, 4) is 0 Å². The largest absolute Gasteiger partial charge is 0.314 e. The molecule has 1 unspecified atom stereocenters. The smallest absolute Gasteiger partial charge is 0.0103 e. The molecule has 0 amide bonds. The molecule has 0 spiro atoms. The van der Waals surface area contributed by atoms with Crippen molar-refractivity contribution in [2.45, 2.75) is 45.1 Å². The molecule has 0 bridgehead atoms. The van der Waals surface area contributed by atoms with Gasteiger partial charge in [0, 0.05) is 6.04 Å². The molecule has 1 saturated carbocycles. The lowest BCUT2D eigenvalue weighted by molar-refractivity contribution is 0.225. The van der Waals surface area contributed by atoms with Crippen molar-refractivity contribution in [3.05, 3.63) is 0 Å². The van der Waals surface area contributed by atoms with E-state index in [1.165, 1.54) is 44.4 Å². The van der Waals surface area contributed by atoms with Gasteiger partial charge in [0.25, 0.3) is 0 Å². The highest BCUT2D eigenvalue weighted by molar-refractivity contribution is 7.98. The quantitative estimate of drug-likeness (QED) is 0.680. The van der Waals surface area contributed by atoms with E-state index in [2.05, 4.69) is 18.5 Å². The first-order chi connectivity index (χ1) is 6.38. The molecule has 2 heteroatoms. The molecule has 1 N–H and O–H groups in total. The maximum absolute atomic E-state index is 3.69. The number of hydrogen-bond donors (Lipinski definition) is 1. The van der Waals surface area contributed by atoms with E-state index in [0.29, 0.717) is 0 Å². The molecular formula is C11H23NS. The van der Waals surface area contributed by atoms with Gasteiger partial charge < -0.3 is 5.32 Å². The van der Waals surface area contributed by atoms with Crippen LogP contribution >= 0.6 is 11.8 Å². The second-order valence-corrected chi connectivity index (χ2v) is 5.02. The zero-order valence-corrected chi connectivity index (χ0v) is 9.83. The lowest BCUT2D eigenvalue weighted by atomic mass is 9.79. The van der Waals surface area contributed by atoms with Crippen molar-refractivity contribution in [1.82, 2.24) is 5.32 Å². The maximum Gasteiger partial charge on any atom is 0.0103 e. The summed E-state index contributed by atoms with van der Waals surface area (Å²) in [5.41, 5.74) is 0. The summed E-state index contributed by atoms with van der Waals surface area (Å²) in [7, 11) is 0. The summed E-state index contributed by atoms with van der Waals surface area (Å²) in [6, 6.07) is 0.821. The Kier molecular flexibility index (Phi) is 5.88. The standard InChI is InChI=1S/C11H23NS/c1-3-8-12-11(7-9-13-2)10-5-4-6-10/h10-12H,3-9H2,1-2H3. The SMILES string of the molecule is CCCNC(CCSC)C1CCC1. The summed E-state index contributed by atoms with van der Waals surface area (Å²) in [6.45, 7) is 3.45. The average molecular weight is 201 g/mol. The van der Waals surface area contributed by atoms with Gasteiger partial charge in [-0.3, -0.25) is 0 Å². The minimum Gasteiger partial charge on any atom is -0.314 e. The molecule has 0 aromatic rings. The van der Waals surface area contributed by atoms with Crippen LogP contribution in [0.5, 0.6) is 0 Å². The fourth-order valence-electron chi connectivity index (χ4n) is 1.92. The van der Waals surface area contributed by atoms with E-state index >= 15 is 0 Å². The van der Waals surface area contributed by atoms with Crippen molar-refractivity contribution in [2.24, 2.45) is 5.92 Å². The van der Waals surface area contributed by atoms with Crippen LogP contribution in [0.3, 0.4) is 0 Å². The molecule has 13 heavy (non-hydrogen) atoms. The summed E-state index contributed by atoms with van der Waals surface area (Å²) in [5, 5.41) is 3.69. The van der Waals surface area contributed by atoms with E-state index in [4.69, 9.17) is 0 Å². The Morgan fingerprint density at radius 1 is 1.46 bits per heavy atom. The summed E-state index contributed by atoms with van der Waals surface area (Å²) in [6.07, 6.45) is 9.24. The fraction of sp³-hybridized carbons (Fsp3) is 1.00. The zero-order chi connectivity index (χ0) is 9.52. The van der Waals surface area contributed by atoms with Crippen LogP contribution < -0.4 is 5.32 Å². The number of thioether (sulfide) groups is 1. The Balaban J connectivity index is 2.16. The topological polar surface area (TPSA) is 12.0 Å². The molecule has 0 aromatic carbocycles. The van der Waals surface area contributed by atoms with Gasteiger partial charge in [0.05, 0.1) is 0 Å². The molecule has 1 rings (SSSR count). The molecule has 1 nitrogen and oxygen atoms in total. The third-order valence-electron chi connectivity index (χ3n) is 3.01. The Morgan fingerprint density at radius 3 is 2.69 bits per heavy atom. The lowest BCUT2D eigenvalue weighted by Gasteiger charge is -2.34. The first kappa shape index (κ1) is 11.4. The molecular weight excluding hydrogens is 178 g/mol. The third-order valence-corrected chi connectivity index (χ3v) is 3.65. The van der Waals surface area contributed by atoms with E-state index in [-0.39, 0.29) is 0 Å². The van der Waals surface area contributed by atoms with Crippen LogP contribution in [0.2, 0.25) is 0 Å². The van der Waals surface area contributed by atoms with E-state index < -0.39 is 0 Å². The van der Waals surface area contributed by atoms with Gasteiger partial charge in [0.15, 0.2) is 0 Å². The second-order valence-electron chi connectivity index (χ2n) is 4.03. The highest BCUT2D eigenvalue weighted by Crippen LogP contribution is 2.31. The monoisotopic (exact) mass is 201 g/mol. The highest BCUT2D eigenvalue weighted by atomic mass is 32.2. The van der Waals surface area contributed by atoms with Crippen LogP contribution in [0, 0.1) is 5.92 Å². The Morgan fingerprint density at radius 2 is 2.23 bits per heavy atom. The molecule has 0 radical (unpaired) electrons. The van der Waals surface area contributed by atoms with Gasteiger partial charge in [-0.05, 0) is 50.2 Å². The van der Waals surface area contributed by atoms with Crippen LogP contribution in [-0.4, -0.2) is 24.6 Å². The van der Waals surface area contributed by atoms with Gasteiger partial charge in [0.1, 0.15) is 0 Å². The number of hydrogen-bond acceptors (Lipinski definition) is 2. The van der Waals surface area contributed by atoms with Gasteiger partial charge in [-0.15, -0.1) is 0 Å². The molecule has 1 atom stereocenters. The van der Waals surface area contributed by atoms with Crippen LogP contribution in [0.1, 0.15) is 39.0 Å². The summed E-state index contributed by atoms with van der Waals surface area (Å²) in [4.78, 5) is 0. The van der Waals surface area contributed by atoms with Crippen LogP contribution in [0.4, 0.5) is 0 Å². The Hall–Kier alpha value is 0.310. The van der Waals surface area contributed by atoms with Crippen molar-refractivity contribution >= 4 is 11.8 Å². The zero-order valence-electron chi connectivity index (χ0n) is 9.01. The molecule has 1 fully saturated rings. The predicted molar refractivity (Wildman–Crippen MR) is 62.4 cm³/mol. The van der Waals surface area contributed by atoms with Crippen LogP contribution in [0.15, 0.2) is 0 Å². The molecule has 0 heterocycles. The van der Waals surface area contributed by atoms with E-state index in [0.717, 1.165) is 12.0 Å². The lowest BCUT2D eigenvalue weighted by Crippen LogP contribution is -2.40. The van der Waals surface area contributed by atoms with Gasteiger partial charge in [-0.2, -0.15) is 11.8 Å². The summed E-state index contributed by atoms with van der Waals surface area (Å²) >= 11 is 1.98. The van der Waals surface area contributed by atoms with Gasteiger partial charge in [-0.1, -0.05) is 13.3 Å². The third kappa shape index (κ3) is 3.90. The maximum atomic E-state index is 3.69. The van der Waals surface area contributed by atoms with Crippen LogP contribution in [0.25, 0.3) is 0 Å². The van der Waals surface area contributed by atoms with Crippen molar-refractivity contribution in [3.63, 3.8) is 0 Å². The Labute approximate surface area is 87.1 Å². The minimum absolute atomic E-state index is 0.821. The molecule has 78 valence electrons. The van der Waals surface area contributed by atoms with Gasteiger partial charge in [-0.25, -0.2) is 0 Å². The first-order valence-electron chi connectivity index (χ1n) is 5.60. The molecule has 1 aliphatic rings. The average Bonchev–Trinajstić information content (AvgIpc) is 2.06. The van der Waals surface area contributed by atoms with E-state index in [9.17, 15) is 0 Å². The molecule has 0 aliphatic heterocycles. The van der Waals surface area contributed by atoms with Crippen LogP contribution in [-0.2, 0) is 0 Å². The predicted octanol–water partition coefficient (Wildman–Crippen LogP) is 2.91. The highest BCUT2D eigenvalue weighted by Gasteiger charge is 2.25. The fourth-order valence-corrected chi connectivity index (χ4v) is 2.41. The van der Waals surface area contributed by atoms with Crippen molar-refractivity contribution in [2.75, 3.05) is 18.6 Å². The summed E-state index contributed by atoms with van der Waals surface area (Å²) in [5.74, 6) is 2.32. The number of rotatable bonds is 7. The molecule has 0 aromatic heterocycles. The van der Waals surface area contributed by atoms with E-state index in [1.807, 2.05) is 11.8 Å². The molecule has 1 aliphatic carbocycles. The van der Waals surface area contributed by atoms with Crippen molar-refractivity contribution in [1.29, 1.82) is 0 Å². The first-order valence-corrected chi connectivity index (χ1v) is 7.00. The number of nitrogens with one attached hydrogen (secondary N) is 1. The minimum atomic E-state index is 0.821. The Bertz CT molecular complexity index is 115. The summed E-state index contributed by atoms with van der Waals surface area (Å²) < 4.78 is 0. The normalized spacial score (nSPS) is 19.8. The van der Waals surface area contributed by atoms with Crippen molar-refractivity contribution < 1.29 is 0 Å². The van der Waals surface area contributed by atoms with E-state index in [1.54, 1.807) is 0 Å². The van der Waals surface area contributed by atoms with Gasteiger partial charge >= 0.3 is 0 Å². The van der Waals surface area contributed by atoms with Gasteiger partial charge in [0.2, 0.25) is 0 Å². The molecule has 0 saturated heterocycles.